The van der Waals surface area contributed by atoms with Gasteiger partial charge in [-0.1, -0.05) is 152 Å². The van der Waals surface area contributed by atoms with E-state index in [0.717, 1.165) is 91.7 Å². The normalized spacial score (nSPS) is 15.1. The molecular weight excluding hydrogens is 1030 g/mol. The van der Waals surface area contributed by atoms with E-state index in [1.165, 1.54) is 0 Å². The summed E-state index contributed by atoms with van der Waals surface area (Å²) < 4.78 is 23.1. The number of nitrogens with two attached hydrogens (primary N) is 1. The molecule has 0 unspecified atom stereocenters. The molecule has 2 fully saturated rings. The fourth-order valence-electron chi connectivity index (χ4n) is 8.53. The van der Waals surface area contributed by atoms with Gasteiger partial charge >= 0.3 is 12.2 Å². The van der Waals surface area contributed by atoms with E-state index in [0.29, 0.717) is 36.6 Å². The molecule has 2 N–H and O–H groups in total. The van der Waals surface area contributed by atoms with E-state index < -0.39 is 11.2 Å². The van der Waals surface area contributed by atoms with Crippen molar-refractivity contribution in [3.63, 3.8) is 0 Å². The number of halogens is 1. The monoisotopic (exact) mass is 1100 g/mol. The van der Waals surface area contributed by atoms with Gasteiger partial charge in [0.2, 0.25) is 0 Å². The second-order valence-corrected chi connectivity index (χ2v) is 21.5. The molecule has 1 aromatic heterocycles. The van der Waals surface area contributed by atoms with Gasteiger partial charge < -0.3 is 24.7 Å². The molecule has 6 aromatic carbocycles. The van der Waals surface area contributed by atoms with Crippen molar-refractivity contribution < 1.29 is 33.3 Å². The van der Waals surface area contributed by atoms with Crippen molar-refractivity contribution in [2.24, 2.45) is 5.73 Å². The minimum absolute atomic E-state index is 0. The third kappa shape index (κ3) is 15.6. The van der Waals surface area contributed by atoms with Crippen LogP contribution in [0.15, 0.2) is 139 Å². The Morgan fingerprint density at radius 1 is 0.649 bits per heavy atom. The Balaban J connectivity index is 0.000000223. The van der Waals surface area contributed by atoms with Gasteiger partial charge in [0.05, 0.1) is 28.1 Å². The van der Waals surface area contributed by atoms with Gasteiger partial charge in [0.1, 0.15) is 40.9 Å². The van der Waals surface area contributed by atoms with Crippen molar-refractivity contribution in [2.45, 2.75) is 119 Å². The SMILES string of the molecule is C.C.CC(C)(C)OC(=O)N1CCC[C@H]1C(N)=S.CC(C)(C)OC(=O)N1CCC[C@H]1c1nc(-c2ccc(OCc3ccccc3)c3ccccc23)cs1.O=C(CBr)c1ccc(OCc2ccccc2)c2ccccc12. The van der Waals surface area contributed by atoms with Crippen molar-refractivity contribution in [3.8, 4) is 22.8 Å². The second kappa shape index (κ2) is 26.7. The lowest BCUT2D eigenvalue weighted by Crippen LogP contribution is -2.45. The number of rotatable bonds is 11. The zero-order valence-electron chi connectivity index (χ0n) is 41.8. The molecule has 11 nitrogen and oxygen atoms in total. The summed E-state index contributed by atoms with van der Waals surface area (Å²) in [5.41, 5.74) is 9.55. The molecule has 0 radical (unpaired) electrons. The number of alkyl halides is 1. The van der Waals surface area contributed by atoms with Crippen molar-refractivity contribution in [1.29, 1.82) is 0 Å². The third-order valence-corrected chi connectivity index (χ3v) is 13.6. The molecule has 392 valence electrons. The topological polar surface area (TPSA) is 134 Å². The van der Waals surface area contributed by atoms with E-state index in [4.69, 9.17) is 41.9 Å². The first-order valence-electron chi connectivity index (χ1n) is 24.2. The number of thiazole rings is 1. The van der Waals surface area contributed by atoms with Crippen LogP contribution >= 0.6 is 39.5 Å². The maximum Gasteiger partial charge on any atom is 0.410 e. The molecule has 9 rings (SSSR count). The highest BCUT2D eigenvalue weighted by Gasteiger charge is 2.36. The number of hydrogen-bond donors (Lipinski definition) is 1. The highest BCUT2D eigenvalue weighted by Crippen LogP contribution is 2.40. The lowest BCUT2D eigenvalue weighted by Gasteiger charge is -2.27. The number of hydrogen-bond acceptors (Lipinski definition) is 10. The number of fused-ring (bicyclic) bond motifs is 2. The minimum Gasteiger partial charge on any atom is -0.488 e. The van der Waals surface area contributed by atoms with Crippen LogP contribution in [0.3, 0.4) is 0 Å². The molecule has 2 aliphatic rings. The van der Waals surface area contributed by atoms with Crippen LogP contribution in [0.4, 0.5) is 9.59 Å². The molecule has 0 bridgehead atoms. The Labute approximate surface area is 455 Å². The first kappa shape index (κ1) is 58.5. The van der Waals surface area contributed by atoms with Gasteiger partial charge in [-0.3, -0.25) is 14.6 Å². The molecule has 74 heavy (non-hydrogen) atoms. The first-order valence-corrected chi connectivity index (χ1v) is 26.6. The van der Waals surface area contributed by atoms with E-state index >= 15 is 0 Å². The average Bonchev–Trinajstić information content (AvgIpc) is 4.18. The highest BCUT2D eigenvalue weighted by atomic mass is 79.9. The lowest BCUT2D eigenvalue weighted by atomic mass is 10.0. The number of amides is 2. The summed E-state index contributed by atoms with van der Waals surface area (Å²) in [7, 11) is 0. The predicted octanol–water partition coefficient (Wildman–Crippen LogP) is 15.6. The summed E-state index contributed by atoms with van der Waals surface area (Å²) in [5.74, 6) is 1.73. The number of benzene rings is 6. The van der Waals surface area contributed by atoms with E-state index in [1.807, 2.05) is 150 Å². The molecule has 2 saturated heterocycles. The predicted molar refractivity (Wildman–Crippen MR) is 310 cm³/mol. The number of ether oxygens (including phenoxy) is 4. The van der Waals surface area contributed by atoms with Crippen molar-refractivity contribution in [2.75, 3.05) is 18.4 Å². The van der Waals surface area contributed by atoms with Crippen LogP contribution in [0.1, 0.15) is 115 Å². The second-order valence-electron chi connectivity index (χ2n) is 19.6. The standard InChI is InChI=1S/C29H30N2O3S.C19H15BrO2.C10H18N2O2S.2CH4/c1-29(2,3)34-28(32)31-17-9-14-25(31)27-30-24(19-35-27)22-15-16-26(23-13-8-7-12-21(22)23)33-18-20-10-5-4-6-11-20;20-12-18(21)16-10-11-19(17-9-5-4-8-15(16)17)22-13-14-6-2-1-3-7-14;1-10(2,3)14-9(13)12-6-4-5-7(12)8(11)15;;/h4-8,10-13,15-16,19,25H,9,14,17-18H2,1-3H3;1-11H,12-13H2;7H,4-6H2,1-3H3,(H2,11,15);2*1H4/t25-;;7-;;/m0.0../s1. The van der Waals surface area contributed by atoms with Gasteiger partial charge in [0.15, 0.2) is 5.78 Å². The molecule has 2 amide bonds. The molecule has 2 atom stereocenters. The Hall–Kier alpha value is -6.35. The Morgan fingerprint density at radius 2 is 1.12 bits per heavy atom. The van der Waals surface area contributed by atoms with Crippen LogP contribution in [-0.4, -0.2) is 73.4 Å². The number of likely N-dealkylation sites (tertiary alicyclic amines) is 2. The van der Waals surface area contributed by atoms with Gasteiger partial charge in [-0.15, -0.1) is 11.3 Å². The summed E-state index contributed by atoms with van der Waals surface area (Å²) in [4.78, 5) is 45.4. The molecular formula is C60H71BrN4O7S2. The van der Waals surface area contributed by atoms with E-state index in [9.17, 15) is 14.4 Å². The van der Waals surface area contributed by atoms with Crippen LogP contribution in [0.5, 0.6) is 11.5 Å². The number of ketones is 1. The van der Waals surface area contributed by atoms with Crippen molar-refractivity contribution in [3.05, 3.63) is 161 Å². The Kier molecular flexibility index (Phi) is 21.2. The quantitative estimate of drug-likeness (QED) is 0.0758. The summed E-state index contributed by atoms with van der Waals surface area (Å²) >= 11 is 9.77. The third-order valence-electron chi connectivity index (χ3n) is 11.8. The summed E-state index contributed by atoms with van der Waals surface area (Å²) in [5, 5.41) is 7.42. The molecule has 0 spiro atoms. The van der Waals surface area contributed by atoms with Crippen LogP contribution in [-0.2, 0) is 22.7 Å². The lowest BCUT2D eigenvalue weighted by molar-refractivity contribution is 0.0221. The van der Waals surface area contributed by atoms with Gasteiger partial charge in [0, 0.05) is 40.4 Å². The summed E-state index contributed by atoms with van der Waals surface area (Å²) in [6.07, 6.45) is 3.05. The van der Waals surface area contributed by atoms with Crippen LogP contribution in [0.25, 0.3) is 32.8 Å². The number of carbonyl (C=O) groups excluding carboxylic acids is 3. The van der Waals surface area contributed by atoms with Gasteiger partial charge in [-0.2, -0.15) is 0 Å². The number of Topliss-reactive ketones (excluding diaryl/α,β-unsaturated/α-hetero) is 1. The van der Waals surface area contributed by atoms with Crippen molar-refractivity contribution in [1.82, 2.24) is 14.8 Å². The number of nitrogens with zero attached hydrogens (tertiary/aromatic N) is 3. The number of carbonyl (C=O) groups is 3. The minimum atomic E-state index is -0.512. The molecule has 2 aliphatic heterocycles. The van der Waals surface area contributed by atoms with Crippen molar-refractivity contribution >= 4 is 84.0 Å². The fraction of sp³-hybridized carbons (Fsp3) is 0.350. The fourth-order valence-corrected chi connectivity index (χ4v) is 10.0. The van der Waals surface area contributed by atoms with E-state index in [1.54, 1.807) is 16.2 Å². The van der Waals surface area contributed by atoms with E-state index in [-0.39, 0.29) is 44.9 Å². The molecule has 7 aromatic rings. The summed E-state index contributed by atoms with van der Waals surface area (Å²) in [6, 6.07) is 44.0. The van der Waals surface area contributed by atoms with Crippen LogP contribution in [0, 0.1) is 0 Å². The zero-order chi connectivity index (χ0) is 51.4. The zero-order valence-corrected chi connectivity index (χ0v) is 45.0. The molecule has 14 heteroatoms. The first-order chi connectivity index (χ1) is 34.5. The number of thiocarbonyl (C=S) groups is 1. The Morgan fingerprint density at radius 3 is 1.66 bits per heavy atom. The van der Waals surface area contributed by atoms with Crippen LogP contribution in [0.2, 0.25) is 0 Å². The summed E-state index contributed by atoms with van der Waals surface area (Å²) in [6.45, 7) is 13.6. The maximum atomic E-state index is 12.8. The smallest absolute Gasteiger partial charge is 0.410 e. The average molecular weight is 1100 g/mol. The van der Waals surface area contributed by atoms with E-state index in [2.05, 4.69) is 51.6 Å². The van der Waals surface area contributed by atoms with Gasteiger partial charge in [-0.05, 0) is 113 Å². The molecule has 0 saturated carbocycles. The number of aromatic nitrogens is 1. The Bertz CT molecular complexity index is 2970. The van der Waals surface area contributed by atoms with Gasteiger partial charge in [-0.25, -0.2) is 14.6 Å². The molecule has 0 aliphatic carbocycles. The molecule has 3 heterocycles. The van der Waals surface area contributed by atoms with Crippen LogP contribution < -0.4 is 15.2 Å². The largest absolute Gasteiger partial charge is 0.488 e. The highest BCUT2D eigenvalue weighted by molar-refractivity contribution is 9.09. The maximum absolute atomic E-state index is 12.8. The van der Waals surface area contributed by atoms with Gasteiger partial charge in [0.25, 0.3) is 0 Å².